The molecule has 0 amide bonds. The van der Waals surface area contributed by atoms with Gasteiger partial charge in [-0.1, -0.05) is 0 Å². The van der Waals surface area contributed by atoms with E-state index in [-0.39, 0.29) is 0 Å². The number of hydrogen-bond donors (Lipinski definition) is 3. The van der Waals surface area contributed by atoms with Gasteiger partial charge in [0.1, 0.15) is 11.9 Å². The molecule has 1 aromatic heterocycles. The Labute approximate surface area is 95.8 Å². The van der Waals surface area contributed by atoms with Crippen LogP contribution >= 0.6 is 15.9 Å². The van der Waals surface area contributed by atoms with Gasteiger partial charge in [0.2, 0.25) is 0 Å². The van der Waals surface area contributed by atoms with Crippen molar-refractivity contribution < 1.29 is 9.90 Å². The third kappa shape index (κ3) is 3.49. The van der Waals surface area contributed by atoms with Gasteiger partial charge in [-0.15, -0.1) is 0 Å². The monoisotopic (exact) mass is 273 g/mol. The van der Waals surface area contributed by atoms with Crippen molar-refractivity contribution in [3.63, 3.8) is 0 Å². The number of carboxylic acids is 1. The summed E-state index contributed by atoms with van der Waals surface area (Å²) in [5.74, 6) is -0.486. The zero-order valence-corrected chi connectivity index (χ0v) is 9.78. The minimum atomic E-state index is -0.892. The van der Waals surface area contributed by atoms with Crippen LogP contribution in [0, 0.1) is 0 Å². The molecule has 0 aliphatic heterocycles. The second-order valence-corrected chi connectivity index (χ2v) is 4.05. The van der Waals surface area contributed by atoms with Gasteiger partial charge in [0.25, 0.3) is 0 Å². The Morgan fingerprint density at radius 3 is 3.07 bits per heavy atom. The number of nitrogens with one attached hydrogen (secondary N) is 1. The van der Waals surface area contributed by atoms with Gasteiger partial charge in [-0.25, -0.2) is 4.98 Å². The molecule has 4 N–H and O–H groups in total. The highest BCUT2D eigenvalue weighted by atomic mass is 79.9. The number of hydrogen-bond acceptors (Lipinski definition) is 4. The lowest BCUT2D eigenvalue weighted by molar-refractivity contribution is -0.139. The zero-order valence-electron chi connectivity index (χ0n) is 8.20. The molecule has 0 aliphatic rings. The molecule has 1 unspecified atom stereocenters. The lowest BCUT2D eigenvalue weighted by atomic mass is 10.2. The number of pyridine rings is 1. The van der Waals surface area contributed by atoms with E-state index in [1.807, 2.05) is 6.07 Å². The van der Waals surface area contributed by atoms with Crippen molar-refractivity contribution in [2.45, 2.75) is 19.5 Å². The average Bonchev–Trinajstić information content (AvgIpc) is 2.18. The topological polar surface area (TPSA) is 88.2 Å². The molecule has 0 aromatic carbocycles. The van der Waals surface area contributed by atoms with Crippen molar-refractivity contribution in [2.75, 3.05) is 5.73 Å². The summed E-state index contributed by atoms with van der Waals surface area (Å²) in [6.07, 6.45) is 1.60. The molecular weight excluding hydrogens is 262 g/mol. The Hall–Kier alpha value is -1.14. The predicted octanol–water partition coefficient (Wildman–Crippen LogP) is 0.989. The van der Waals surface area contributed by atoms with Crippen LogP contribution in [0.5, 0.6) is 0 Å². The fourth-order valence-corrected chi connectivity index (χ4v) is 1.36. The van der Waals surface area contributed by atoms with Gasteiger partial charge in [-0.2, -0.15) is 0 Å². The highest BCUT2D eigenvalue weighted by Crippen LogP contribution is 2.15. The molecule has 1 aromatic rings. The second-order valence-electron chi connectivity index (χ2n) is 3.14. The van der Waals surface area contributed by atoms with E-state index in [2.05, 4.69) is 26.2 Å². The molecular formula is C9H12BrN3O2. The second kappa shape index (κ2) is 5.09. The molecule has 0 radical (unpaired) electrons. The number of nitrogens with zero attached hydrogens (tertiary/aromatic N) is 1. The van der Waals surface area contributed by atoms with Crippen molar-refractivity contribution in [3.8, 4) is 0 Å². The SMILES string of the molecule is CC(NCc1cc(Br)cnc1N)C(=O)O. The first kappa shape index (κ1) is 11.9. The highest BCUT2D eigenvalue weighted by Gasteiger charge is 2.10. The van der Waals surface area contributed by atoms with Crippen molar-refractivity contribution in [1.82, 2.24) is 10.3 Å². The maximum absolute atomic E-state index is 10.6. The summed E-state index contributed by atoms with van der Waals surface area (Å²) in [6, 6.07) is 1.20. The van der Waals surface area contributed by atoms with Gasteiger partial charge in [-0.05, 0) is 28.9 Å². The van der Waals surface area contributed by atoms with Crippen LogP contribution in [-0.4, -0.2) is 22.1 Å². The molecule has 5 nitrogen and oxygen atoms in total. The largest absolute Gasteiger partial charge is 0.480 e. The standard InChI is InChI=1S/C9H12BrN3O2/c1-5(9(14)15)12-3-6-2-7(10)4-13-8(6)11/h2,4-5,12H,3H2,1H3,(H2,11,13)(H,14,15). The van der Waals surface area contributed by atoms with Gasteiger partial charge >= 0.3 is 5.97 Å². The maximum atomic E-state index is 10.6. The summed E-state index contributed by atoms with van der Waals surface area (Å²) in [5.41, 5.74) is 6.41. The normalized spacial score (nSPS) is 12.4. The molecule has 1 atom stereocenters. The Kier molecular flexibility index (Phi) is 4.05. The first-order valence-corrected chi connectivity index (χ1v) is 5.16. The molecule has 0 bridgehead atoms. The lowest BCUT2D eigenvalue weighted by Crippen LogP contribution is -2.33. The molecule has 0 fully saturated rings. The predicted molar refractivity (Wildman–Crippen MR) is 60.3 cm³/mol. The Bertz CT molecular complexity index is 370. The van der Waals surface area contributed by atoms with E-state index in [0.29, 0.717) is 12.4 Å². The number of rotatable bonds is 4. The van der Waals surface area contributed by atoms with Crippen molar-refractivity contribution in [1.29, 1.82) is 0 Å². The molecule has 0 aliphatic carbocycles. The first-order chi connectivity index (χ1) is 7.00. The number of nitrogen functional groups attached to an aromatic ring is 1. The van der Waals surface area contributed by atoms with Crippen LogP contribution in [0.15, 0.2) is 16.7 Å². The first-order valence-electron chi connectivity index (χ1n) is 4.37. The smallest absolute Gasteiger partial charge is 0.320 e. The van der Waals surface area contributed by atoms with Crippen LogP contribution in [-0.2, 0) is 11.3 Å². The number of aromatic nitrogens is 1. The molecule has 0 spiro atoms. The van der Waals surface area contributed by atoms with E-state index in [4.69, 9.17) is 10.8 Å². The van der Waals surface area contributed by atoms with E-state index >= 15 is 0 Å². The van der Waals surface area contributed by atoms with Crippen molar-refractivity contribution >= 4 is 27.7 Å². The van der Waals surface area contributed by atoms with Crippen LogP contribution < -0.4 is 11.1 Å². The van der Waals surface area contributed by atoms with Gasteiger partial charge in [0, 0.05) is 22.8 Å². The van der Waals surface area contributed by atoms with Gasteiger partial charge in [-0.3, -0.25) is 4.79 Å². The fraction of sp³-hybridized carbons (Fsp3) is 0.333. The number of carbonyl (C=O) groups is 1. The Balaban J connectivity index is 2.65. The highest BCUT2D eigenvalue weighted by molar-refractivity contribution is 9.10. The van der Waals surface area contributed by atoms with Crippen LogP contribution in [0.3, 0.4) is 0 Å². The summed E-state index contributed by atoms with van der Waals surface area (Å²) in [4.78, 5) is 14.5. The minimum Gasteiger partial charge on any atom is -0.480 e. The van der Waals surface area contributed by atoms with E-state index in [9.17, 15) is 4.79 Å². The molecule has 0 saturated carbocycles. The lowest BCUT2D eigenvalue weighted by Gasteiger charge is -2.10. The van der Waals surface area contributed by atoms with Gasteiger partial charge in [0.05, 0.1) is 0 Å². The summed E-state index contributed by atoms with van der Waals surface area (Å²) in [6.45, 7) is 1.95. The molecule has 15 heavy (non-hydrogen) atoms. The summed E-state index contributed by atoms with van der Waals surface area (Å²) < 4.78 is 0.816. The van der Waals surface area contributed by atoms with Crippen LogP contribution in [0.25, 0.3) is 0 Å². The Morgan fingerprint density at radius 1 is 1.80 bits per heavy atom. The Morgan fingerprint density at radius 2 is 2.47 bits per heavy atom. The fourth-order valence-electron chi connectivity index (χ4n) is 0.984. The molecule has 1 heterocycles. The zero-order chi connectivity index (χ0) is 11.4. The van der Waals surface area contributed by atoms with Crippen molar-refractivity contribution in [2.24, 2.45) is 0 Å². The molecule has 82 valence electrons. The van der Waals surface area contributed by atoms with Gasteiger partial charge in [0.15, 0.2) is 0 Å². The van der Waals surface area contributed by atoms with Gasteiger partial charge < -0.3 is 16.2 Å². The summed E-state index contributed by atoms with van der Waals surface area (Å²) >= 11 is 3.27. The molecule has 1 rings (SSSR count). The van der Waals surface area contributed by atoms with E-state index in [0.717, 1.165) is 10.0 Å². The van der Waals surface area contributed by atoms with E-state index < -0.39 is 12.0 Å². The maximum Gasteiger partial charge on any atom is 0.320 e. The van der Waals surface area contributed by atoms with Crippen LogP contribution in [0.2, 0.25) is 0 Å². The quantitative estimate of drug-likeness (QED) is 0.762. The van der Waals surface area contributed by atoms with Crippen molar-refractivity contribution in [3.05, 3.63) is 22.3 Å². The molecule has 0 saturated heterocycles. The molecule has 6 heteroatoms. The number of anilines is 1. The third-order valence-corrected chi connectivity index (χ3v) is 2.37. The van der Waals surface area contributed by atoms with E-state index in [1.54, 1.807) is 13.1 Å². The third-order valence-electron chi connectivity index (χ3n) is 1.94. The average molecular weight is 274 g/mol. The number of carboxylic acid groups (broad SMARTS) is 1. The number of nitrogens with two attached hydrogens (primary N) is 1. The summed E-state index contributed by atoms with van der Waals surface area (Å²) in [7, 11) is 0. The van der Waals surface area contributed by atoms with Crippen LogP contribution in [0.4, 0.5) is 5.82 Å². The number of aliphatic carboxylic acids is 1. The summed E-state index contributed by atoms with van der Waals surface area (Å²) in [5, 5.41) is 11.5. The number of halogens is 1. The van der Waals surface area contributed by atoms with Crippen LogP contribution in [0.1, 0.15) is 12.5 Å². The minimum absolute atomic E-state index is 0.381. The van der Waals surface area contributed by atoms with E-state index in [1.165, 1.54) is 0 Å².